The van der Waals surface area contributed by atoms with Gasteiger partial charge >= 0.3 is 0 Å². The summed E-state index contributed by atoms with van der Waals surface area (Å²) >= 11 is 0. The third-order valence-electron chi connectivity index (χ3n) is 3.72. The van der Waals surface area contributed by atoms with Crippen molar-refractivity contribution in [3.8, 4) is 0 Å². The Labute approximate surface area is 88.4 Å². The molecule has 2 nitrogen and oxygen atoms in total. The quantitative estimate of drug-likeness (QED) is 0.680. The Hall–Kier alpha value is -0.0800. The van der Waals surface area contributed by atoms with E-state index >= 15 is 0 Å². The fourth-order valence-corrected chi connectivity index (χ4v) is 1.99. The van der Waals surface area contributed by atoms with Gasteiger partial charge < -0.3 is 10.1 Å². The van der Waals surface area contributed by atoms with Gasteiger partial charge in [-0.05, 0) is 30.6 Å². The van der Waals surface area contributed by atoms with Crippen molar-refractivity contribution in [2.75, 3.05) is 20.3 Å². The summed E-state index contributed by atoms with van der Waals surface area (Å²) in [6.45, 7) is 8.90. The molecule has 0 radical (unpaired) electrons. The predicted molar refractivity (Wildman–Crippen MR) is 60.5 cm³/mol. The summed E-state index contributed by atoms with van der Waals surface area (Å²) in [5.74, 6) is 0.815. The van der Waals surface area contributed by atoms with Crippen molar-refractivity contribution in [2.24, 2.45) is 11.3 Å². The van der Waals surface area contributed by atoms with Gasteiger partial charge in [0, 0.05) is 19.7 Å². The number of rotatable bonds is 7. The van der Waals surface area contributed by atoms with Gasteiger partial charge in [0.15, 0.2) is 0 Å². The highest BCUT2D eigenvalue weighted by Crippen LogP contribution is 2.51. The van der Waals surface area contributed by atoms with Crippen LogP contribution in [0.25, 0.3) is 0 Å². The Balaban J connectivity index is 2.24. The van der Waals surface area contributed by atoms with Gasteiger partial charge in [0.05, 0.1) is 6.61 Å². The molecule has 0 heterocycles. The molecule has 1 aliphatic carbocycles. The van der Waals surface area contributed by atoms with E-state index in [0.717, 1.165) is 18.9 Å². The molecule has 1 N–H and O–H groups in total. The number of hydrogen-bond acceptors (Lipinski definition) is 2. The van der Waals surface area contributed by atoms with Gasteiger partial charge in [-0.25, -0.2) is 0 Å². The second-order valence-electron chi connectivity index (χ2n) is 4.96. The first-order valence-electron chi connectivity index (χ1n) is 5.87. The molecule has 1 aliphatic rings. The van der Waals surface area contributed by atoms with E-state index in [2.05, 4.69) is 26.1 Å². The minimum atomic E-state index is 0.538. The van der Waals surface area contributed by atoms with Gasteiger partial charge in [0.1, 0.15) is 0 Å². The Morgan fingerprint density at radius 2 is 2.00 bits per heavy atom. The Morgan fingerprint density at radius 1 is 1.36 bits per heavy atom. The molecule has 0 spiro atoms. The van der Waals surface area contributed by atoms with Crippen LogP contribution in [-0.4, -0.2) is 26.3 Å². The zero-order valence-electron chi connectivity index (χ0n) is 10.1. The normalized spacial score (nSPS) is 21.2. The predicted octanol–water partition coefficient (Wildman–Crippen LogP) is 2.44. The molecular formula is C12H25NO. The monoisotopic (exact) mass is 199 g/mol. The molecule has 84 valence electrons. The summed E-state index contributed by atoms with van der Waals surface area (Å²) in [5.41, 5.74) is 0.612. The molecule has 0 amide bonds. The average molecular weight is 199 g/mol. The van der Waals surface area contributed by atoms with Crippen LogP contribution in [-0.2, 0) is 4.74 Å². The minimum absolute atomic E-state index is 0.538. The standard InChI is InChI=1S/C12H25NO/c1-5-11(8-14-4)13-9-12(6-7-12)10(2)3/h10-11,13H,5-9H2,1-4H3. The minimum Gasteiger partial charge on any atom is -0.383 e. The molecule has 1 rings (SSSR count). The first-order chi connectivity index (χ1) is 6.64. The number of methoxy groups -OCH3 is 1. The topological polar surface area (TPSA) is 21.3 Å². The third kappa shape index (κ3) is 2.96. The largest absolute Gasteiger partial charge is 0.383 e. The van der Waals surface area contributed by atoms with Crippen molar-refractivity contribution in [3.05, 3.63) is 0 Å². The van der Waals surface area contributed by atoms with Crippen molar-refractivity contribution < 1.29 is 4.74 Å². The summed E-state index contributed by atoms with van der Waals surface area (Å²) in [6, 6.07) is 0.538. The van der Waals surface area contributed by atoms with Gasteiger partial charge in [0.25, 0.3) is 0 Å². The lowest BCUT2D eigenvalue weighted by atomic mass is 9.92. The third-order valence-corrected chi connectivity index (χ3v) is 3.72. The average Bonchev–Trinajstić information content (AvgIpc) is 2.93. The molecule has 1 atom stereocenters. The lowest BCUT2D eigenvalue weighted by Gasteiger charge is -2.24. The highest BCUT2D eigenvalue weighted by molar-refractivity contribution is 4.97. The van der Waals surface area contributed by atoms with Crippen LogP contribution in [0.1, 0.15) is 40.0 Å². The molecule has 0 aromatic carbocycles. The highest BCUT2D eigenvalue weighted by Gasteiger charge is 2.44. The zero-order valence-corrected chi connectivity index (χ0v) is 10.1. The van der Waals surface area contributed by atoms with E-state index in [0.29, 0.717) is 11.5 Å². The van der Waals surface area contributed by atoms with Gasteiger partial charge in [-0.3, -0.25) is 0 Å². The Morgan fingerprint density at radius 3 is 2.36 bits per heavy atom. The molecule has 14 heavy (non-hydrogen) atoms. The highest BCUT2D eigenvalue weighted by atomic mass is 16.5. The van der Waals surface area contributed by atoms with Crippen LogP contribution in [0.15, 0.2) is 0 Å². The smallest absolute Gasteiger partial charge is 0.0615 e. The maximum Gasteiger partial charge on any atom is 0.0615 e. The summed E-state index contributed by atoms with van der Waals surface area (Å²) in [4.78, 5) is 0. The SMILES string of the molecule is CCC(COC)NCC1(C(C)C)CC1. The molecule has 0 aromatic heterocycles. The molecule has 1 unspecified atom stereocenters. The maximum atomic E-state index is 5.18. The number of ether oxygens (including phenoxy) is 1. The van der Waals surface area contributed by atoms with Crippen molar-refractivity contribution in [1.82, 2.24) is 5.32 Å². The van der Waals surface area contributed by atoms with Crippen LogP contribution in [0.5, 0.6) is 0 Å². The molecule has 1 fully saturated rings. The van der Waals surface area contributed by atoms with Gasteiger partial charge in [0.2, 0.25) is 0 Å². The van der Waals surface area contributed by atoms with Crippen LogP contribution in [0.2, 0.25) is 0 Å². The van der Waals surface area contributed by atoms with E-state index in [-0.39, 0.29) is 0 Å². The fraction of sp³-hybridized carbons (Fsp3) is 1.00. The van der Waals surface area contributed by atoms with Crippen molar-refractivity contribution in [3.63, 3.8) is 0 Å². The van der Waals surface area contributed by atoms with E-state index in [9.17, 15) is 0 Å². The van der Waals surface area contributed by atoms with Crippen LogP contribution >= 0.6 is 0 Å². The molecule has 0 saturated heterocycles. The summed E-state index contributed by atoms with van der Waals surface area (Å²) in [7, 11) is 1.78. The van der Waals surface area contributed by atoms with Crippen molar-refractivity contribution in [1.29, 1.82) is 0 Å². The molecule has 2 heteroatoms. The van der Waals surface area contributed by atoms with E-state index in [4.69, 9.17) is 4.74 Å². The first kappa shape index (κ1) is 12.0. The van der Waals surface area contributed by atoms with Crippen LogP contribution in [0.3, 0.4) is 0 Å². The van der Waals surface area contributed by atoms with Gasteiger partial charge in [-0.15, -0.1) is 0 Å². The van der Waals surface area contributed by atoms with Crippen LogP contribution in [0.4, 0.5) is 0 Å². The fourth-order valence-electron chi connectivity index (χ4n) is 1.99. The molecule has 0 bridgehead atoms. The van der Waals surface area contributed by atoms with Crippen molar-refractivity contribution in [2.45, 2.75) is 46.1 Å². The second-order valence-corrected chi connectivity index (χ2v) is 4.96. The Kier molecular flexibility index (Phi) is 4.39. The number of nitrogens with one attached hydrogen (secondary N) is 1. The van der Waals surface area contributed by atoms with Gasteiger partial charge in [-0.2, -0.15) is 0 Å². The van der Waals surface area contributed by atoms with E-state index in [1.807, 2.05) is 0 Å². The van der Waals surface area contributed by atoms with Crippen LogP contribution in [0, 0.1) is 11.3 Å². The summed E-state index contributed by atoms with van der Waals surface area (Å²) in [5, 5.41) is 3.63. The second kappa shape index (κ2) is 5.13. The van der Waals surface area contributed by atoms with Crippen molar-refractivity contribution >= 4 is 0 Å². The molecule has 0 aromatic rings. The van der Waals surface area contributed by atoms with Crippen LogP contribution < -0.4 is 5.32 Å². The summed E-state index contributed by atoms with van der Waals surface area (Å²) in [6.07, 6.45) is 3.96. The Bertz CT molecular complexity index is 164. The maximum absolute atomic E-state index is 5.18. The summed E-state index contributed by atoms with van der Waals surface area (Å²) < 4.78 is 5.18. The molecular weight excluding hydrogens is 174 g/mol. The van der Waals surface area contributed by atoms with E-state index < -0.39 is 0 Å². The number of hydrogen-bond donors (Lipinski definition) is 1. The first-order valence-corrected chi connectivity index (χ1v) is 5.87. The van der Waals surface area contributed by atoms with E-state index in [1.165, 1.54) is 19.4 Å². The lowest BCUT2D eigenvalue weighted by Crippen LogP contribution is -2.38. The lowest BCUT2D eigenvalue weighted by molar-refractivity contribution is 0.158. The zero-order chi connectivity index (χ0) is 10.6. The molecule has 1 saturated carbocycles. The van der Waals surface area contributed by atoms with E-state index in [1.54, 1.807) is 7.11 Å². The van der Waals surface area contributed by atoms with Gasteiger partial charge in [-0.1, -0.05) is 20.8 Å². The molecule has 0 aliphatic heterocycles.